The number of nitrogens with one attached hydrogen (secondary N) is 1. The highest BCUT2D eigenvalue weighted by Gasteiger charge is 2.55. The average Bonchev–Trinajstić information content (AvgIpc) is 3.34. The third kappa shape index (κ3) is 6.88. The van der Waals surface area contributed by atoms with Gasteiger partial charge >= 0.3 is 0 Å². The van der Waals surface area contributed by atoms with E-state index in [0.717, 1.165) is 0 Å². The summed E-state index contributed by atoms with van der Waals surface area (Å²) >= 11 is 0. The van der Waals surface area contributed by atoms with Crippen LogP contribution in [-0.2, 0) is 24.6 Å². The number of aliphatic hydroxyl groups excluding tert-OH is 1. The first-order chi connectivity index (χ1) is 18.8. The second-order valence-electron chi connectivity index (χ2n) is 16.3. The zero-order valence-corrected chi connectivity index (χ0v) is 31.6. The monoisotopic (exact) mass is 640 g/mol. The van der Waals surface area contributed by atoms with Crippen molar-refractivity contribution in [3.63, 3.8) is 0 Å². The maximum Gasteiger partial charge on any atom is 0.278 e. The van der Waals surface area contributed by atoms with Gasteiger partial charge in [-0.15, -0.1) is 0 Å². The molecule has 0 aromatic carbocycles. The van der Waals surface area contributed by atoms with E-state index >= 15 is 0 Å². The van der Waals surface area contributed by atoms with Crippen LogP contribution in [0, 0.1) is 0 Å². The van der Waals surface area contributed by atoms with Gasteiger partial charge in [0, 0.05) is 0 Å². The Kier molecular flexibility index (Phi) is 9.76. The summed E-state index contributed by atoms with van der Waals surface area (Å²) in [6.45, 7) is 33.3. The molecule has 0 unspecified atom stereocenters. The van der Waals surface area contributed by atoms with Crippen molar-refractivity contribution in [1.29, 1.82) is 0 Å². The number of aromatic nitrogens is 4. The number of aromatic amines is 1. The van der Waals surface area contributed by atoms with Gasteiger partial charge in [-0.25, -0.2) is 9.97 Å². The number of imidazole rings is 1. The molecule has 0 radical (unpaired) electrons. The van der Waals surface area contributed by atoms with Crippen LogP contribution in [0.5, 0.6) is 0 Å². The van der Waals surface area contributed by atoms with Gasteiger partial charge in [-0.3, -0.25) is 9.36 Å². The largest absolute Gasteiger partial charge is 0.414 e. The smallest absolute Gasteiger partial charge is 0.278 e. The molecule has 0 saturated carbocycles. The van der Waals surface area contributed by atoms with Gasteiger partial charge in [-0.1, -0.05) is 62.3 Å². The number of H-pyrrole nitrogens is 1. The van der Waals surface area contributed by atoms with Gasteiger partial charge in [-0.05, 0) is 54.4 Å². The van der Waals surface area contributed by atoms with Gasteiger partial charge in [0.05, 0.1) is 12.9 Å². The van der Waals surface area contributed by atoms with Crippen LogP contribution in [0.15, 0.2) is 11.1 Å². The van der Waals surface area contributed by atoms with Crippen molar-refractivity contribution in [2.45, 2.75) is 148 Å². The molecule has 3 rings (SSSR count). The predicted molar refractivity (Wildman–Crippen MR) is 175 cm³/mol. The van der Waals surface area contributed by atoms with Crippen molar-refractivity contribution in [2.24, 2.45) is 0 Å². The van der Waals surface area contributed by atoms with Gasteiger partial charge in [0.2, 0.25) is 0 Å². The van der Waals surface area contributed by atoms with E-state index in [1.165, 1.54) is 6.33 Å². The van der Waals surface area contributed by atoms with Crippen LogP contribution in [0.4, 0.5) is 0 Å². The summed E-state index contributed by atoms with van der Waals surface area (Å²) < 4.78 is 29.8. The molecule has 0 aliphatic carbocycles. The number of rotatable bonds is 9. The maximum absolute atomic E-state index is 12.7. The normalized spacial score (nSPS) is 23.2. The number of hydrogen-bond donors (Lipinski definition) is 2. The number of aliphatic hydroxyl groups is 1. The van der Waals surface area contributed by atoms with Crippen molar-refractivity contribution >= 4 is 36.1 Å². The molecule has 4 atom stereocenters. The lowest BCUT2D eigenvalue weighted by Crippen LogP contribution is -2.54. The van der Waals surface area contributed by atoms with Crippen LogP contribution in [0.1, 0.15) is 74.4 Å². The van der Waals surface area contributed by atoms with Gasteiger partial charge in [0.15, 0.2) is 42.3 Å². The molecule has 240 valence electrons. The number of nitrogens with zero attached hydrogens (tertiary/aromatic N) is 3. The summed E-state index contributed by atoms with van der Waals surface area (Å²) in [6, 6.07) is 0. The van der Waals surface area contributed by atoms with Crippen LogP contribution in [0.3, 0.4) is 0 Å². The molecule has 2 N–H and O–H groups in total. The molecular formula is C29H56N4O6Si3. The lowest BCUT2D eigenvalue weighted by Gasteiger charge is -2.44. The first kappa shape index (κ1) is 35.3. The highest BCUT2D eigenvalue weighted by atomic mass is 28.4. The highest BCUT2D eigenvalue weighted by molar-refractivity contribution is 6.75. The minimum atomic E-state index is -2.37. The van der Waals surface area contributed by atoms with E-state index in [2.05, 4.69) is 117 Å². The minimum absolute atomic E-state index is 0.0212. The molecule has 42 heavy (non-hydrogen) atoms. The topological polar surface area (TPSA) is 121 Å². The molecule has 1 saturated heterocycles. The summed E-state index contributed by atoms with van der Waals surface area (Å²) in [4.78, 5) is 24.2. The first-order valence-electron chi connectivity index (χ1n) is 15.0. The second kappa shape index (κ2) is 11.6. The zero-order valence-electron chi connectivity index (χ0n) is 28.6. The van der Waals surface area contributed by atoms with Crippen molar-refractivity contribution in [2.75, 3.05) is 6.61 Å². The van der Waals surface area contributed by atoms with Crippen molar-refractivity contribution in [3.05, 3.63) is 22.5 Å². The Bertz CT molecular complexity index is 1300. The molecule has 0 spiro atoms. The average molecular weight is 641 g/mol. The summed E-state index contributed by atoms with van der Waals surface area (Å²) in [6.07, 6.45) is -0.815. The predicted octanol–water partition coefficient (Wildman–Crippen LogP) is 6.31. The summed E-state index contributed by atoms with van der Waals surface area (Å²) in [5, 5.41) is 10.3. The van der Waals surface area contributed by atoms with Gasteiger partial charge < -0.3 is 28.1 Å². The fourth-order valence-electron chi connectivity index (χ4n) is 4.20. The summed E-state index contributed by atoms with van der Waals surface area (Å²) in [5.41, 5.74) is 0.118. The maximum atomic E-state index is 12.7. The van der Waals surface area contributed by atoms with E-state index in [1.807, 2.05) is 0 Å². The Labute approximate surface area is 255 Å². The molecule has 1 fully saturated rings. The highest BCUT2D eigenvalue weighted by Crippen LogP contribution is 2.47. The summed E-state index contributed by atoms with van der Waals surface area (Å²) in [7, 11) is -6.82. The molecule has 0 bridgehead atoms. The van der Waals surface area contributed by atoms with Crippen LogP contribution in [0.25, 0.3) is 11.2 Å². The van der Waals surface area contributed by atoms with Crippen LogP contribution in [0.2, 0.25) is 54.4 Å². The number of hydrogen-bond acceptors (Lipinski definition) is 8. The third-order valence-corrected chi connectivity index (χ3v) is 23.6. The molecule has 1 aliphatic heterocycles. The molecule has 10 nitrogen and oxygen atoms in total. The molecule has 1 aliphatic rings. The van der Waals surface area contributed by atoms with E-state index in [9.17, 15) is 9.90 Å². The van der Waals surface area contributed by atoms with Crippen molar-refractivity contribution in [1.82, 2.24) is 19.5 Å². The summed E-state index contributed by atoms with van der Waals surface area (Å²) in [5.74, 6) is 0.292. The Balaban J connectivity index is 2.23. The zero-order chi connectivity index (χ0) is 32.3. The first-order valence-corrected chi connectivity index (χ1v) is 23.8. The van der Waals surface area contributed by atoms with E-state index < -0.39 is 49.5 Å². The van der Waals surface area contributed by atoms with E-state index in [1.54, 1.807) is 4.57 Å². The van der Waals surface area contributed by atoms with Crippen LogP contribution in [-0.4, -0.2) is 74.5 Å². The lowest BCUT2D eigenvalue weighted by atomic mass is 10.1. The third-order valence-electron chi connectivity index (χ3n) is 10.1. The molecular weight excluding hydrogens is 585 g/mol. The minimum Gasteiger partial charge on any atom is -0.414 e. The standard InChI is InChI=1S/C29H56N4O6Si3/c1-27(2,3)40(10,11)36-17-19-22(38-41(12,13)28(4,5)6)23(39-42(14,15)29(7,8)9)26(37-19)33-20(16-34)32-21-24(33)30-18-31-25(21)35/h18-19,22-23,26,34H,16-17H2,1-15H3,(H,30,31,35)/t19-,22-,23-,26-/m1/s1. The molecule has 3 heterocycles. The quantitative estimate of drug-likeness (QED) is 0.306. The molecule has 13 heteroatoms. The molecule has 2 aromatic rings. The number of fused-ring (bicyclic) bond motifs is 1. The van der Waals surface area contributed by atoms with Crippen LogP contribution >= 0.6 is 0 Å². The fraction of sp³-hybridized carbons (Fsp3) is 0.828. The fourth-order valence-corrected chi connectivity index (χ4v) is 7.82. The van der Waals surface area contributed by atoms with E-state index in [-0.39, 0.29) is 32.8 Å². The second-order valence-corrected chi connectivity index (χ2v) is 30.6. The Morgan fingerprint density at radius 2 is 1.38 bits per heavy atom. The Morgan fingerprint density at radius 3 is 1.86 bits per heavy atom. The van der Waals surface area contributed by atoms with Crippen molar-refractivity contribution in [3.8, 4) is 0 Å². The van der Waals surface area contributed by atoms with Gasteiger partial charge in [-0.2, -0.15) is 0 Å². The van der Waals surface area contributed by atoms with E-state index in [0.29, 0.717) is 18.1 Å². The Hall–Kier alpha value is -1.20. The van der Waals surface area contributed by atoms with Gasteiger partial charge in [0.1, 0.15) is 30.7 Å². The van der Waals surface area contributed by atoms with Crippen LogP contribution < -0.4 is 5.56 Å². The Morgan fingerprint density at radius 1 is 0.881 bits per heavy atom. The van der Waals surface area contributed by atoms with Crippen molar-refractivity contribution < 1.29 is 23.1 Å². The molecule has 0 amide bonds. The molecule has 2 aromatic heterocycles. The lowest BCUT2D eigenvalue weighted by molar-refractivity contribution is -0.0493. The van der Waals surface area contributed by atoms with E-state index in [4.69, 9.17) is 18.0 Å². The number of ether oxygens (including phenoxy) is 1. The van der Waals surface area contributed by atoms with Gasteiger partial charge in [0.25, 0.3) is 5.56 Å². The SMILES string of the molecule is CC(C)(C)[Si](C)(C)OC[C@H]1O[C@@H](n2c(CO)nc3c(=O)[nH]cnc32)[C@H](O[Si](C)(C)C(C)(C)C)[C@@H]1O[Si](C)(C)C(C)(C)C.